The first kappa shape index (κ1) is 22.3. The van der Waals surface area contributed by atoms with E-state index in [1.54, 1.807) is 0 Å². The summed E-state index contributed by atoms with van der Waals surface area (Å²) in [6, 6.07) is 17.2. The predicted octanol–water partition coefficient (Wildman–Crippen LogP) is 4.14. The molecule has 1 heterocycles. The Morgan fingerprint density at radius 3 is 2.37 bits per heavy atom. The van der Waals surface area contributed by atoms with Crippen LogP contribution in [-0.4, -0.2) is 48.4 Å². The van der Waals surface area contributed by atoms with Crippen molar-refractivity contribution in [2.75, 3.05) is 26.2 Å². The highest BCUT2D eigenvalue weighted by Crippen LogP contribution is 2.33. The number of oxime groups is 1. The number of carboxylic acid groups (broad SMARTS) is 1. The number of fused-ring (bicyclic) bond motifs is 2. The van der Waals surface area contributed by atoms with Gasteiger partial charge in [-0.25, -0.2) is 0 Å². The minimum atomic E-state index is -0.695. The van der Waals surface area contributed by atoms with E-state index in [2.05, 4.69) is 58.6 Å². The van der Waals surface area contributed by atoms with Gasteiger partial charge in [-0.2, -0.15) is 0 Å². The van der Waals surface area contributed by atoms with Gasteiger partial charge in [0, 0.05) is 19.0 Å². The molecule has 5 nitrogen and oxygen atoms in total. The van der Waals surface area contributed by atoms with E-state index in [9.17, 15) is 9.90 Å². The van der Waals surface area contributed by atoms with Crippen LogP contribution < -0.4 is 0 Å². The lowest BCUT2D eigenvalue weighted by Crippen LogP contribution is -2.40. The maximum atomic E-state index is 11.2. The zero-order valence-corrected chi connectivity index (χ0v) is 17.9. The van der Waals surface area contributed by atoms with Crippen molar-refractivity contribution in [2.45, 2.75) is 31.6 Å². The SMILES string of the molecule is Cl.O=C(O)[C@@H]1CCCN(CCO/N=C\C2c3ccccc3CCc3ccccc32)C1. The van der Waals surface area contributed by atoms with Gasteiger partial charge in [0.15, 0.2) is 0 Å². The Labute approximate surface area is 184 Å². The van der Waals surface area contributed by atoms with Gasteiger partial charge in [0.2, 0.25) is 0 Å². The molecule has 2 aliphatic rings. The molecule has 1 fully saturated rings. The number of rotatable bonds is 6. The number of hydrogen-bond acceptors (Lipinski definition) is 4. The van der Waals surface area contributed by atoms with Gasteiger partial charge in [0.25, 0.3) is 0 Å². The number of aliphatic carboxylic acids is 1. The third-order valence-corrected chi connectivity index (χ3v) is 6.08. The molecule has 0 spiro atoms. The third-order valence-electron chi connectivity index (χ3n) is 6.08. The fourth-order valence-corrected chi connectivity index (χ4v) is 4.51. The highest BCUT2D eigenvalue weighted by Gasteiger charge is 2.25. The van der Waals surface area contributed by atoms with Gasteiger partial charge in [-0.15, -0.1) is 12.4 Å². The zero-order valence-electron chi connectivity index (χ0n) is 17.1. The minimum Gasteiger partial charge on any atom is -0.481 e. The van der Waals surface area contributed by atoms with Crippen molar-refractivity contribution in [1.29, 1.82) is 0 Å². The van der Waals surface area contributed by atoms with E-state index in [-0.39, 0.29) is 24.2 Å². The molecule has 0 aromatic heterocycles. The van der Waals surface area contributed by atoms with E-state index < -0.39 is 5.97 Å². The highest BCUT2D eigenvalue weighted by molar-refractivity contribution is 5.85. The van der Waals surface area contributed by atoms with E-state index in [0.29, 0.717) is 19.7 Å². The topological polar surface area (TPSA) is 62.1 Å². The molecule has 4 rings (SSSR count). The Morgan fingerprint density at radius 2 is 1.73 bits per heavy atom. The second-order valence-electron chi connectivity index (χ2n) is 7.94. The minimum absolute atomic E-state index is 0. The van der Waals surface area contributed by atoms with Crippen LogP contribution in [0.2, 0.25) is 0 Å². The molecule has 2 aromatic rings. The zero-order chi connectivity index (χ0) is 20.1. The van der Waals surface area contributed by atoms with Crippen LogP contribution in [0.5, 0.6) is 0 Å². The maximum absolute atomic E-state index is 11.2. The quantitative estimate of drug-likeness (QED) is 0.426. The third kappa shape index (κ3) is 5.21. The summed E-state index contributed by atoms with van der Waals surface area (Å²) in [7, 11) is 0. The molecular formula is C24H29ClN2O3. The lowest BCUT2D eigenvalue weighted by Gasteiger charge is -2.29. The average molecular weight is 429 g/mol. The van der Waals surface area contributed by atoms with Gasteiger partial charge in [0.05, 0.1) is 12.1 Å². The van der Waals surface area contributed by atoms with Crippen LogP contribution in [0.3, 0.4) is 0 Å². The van der Waals surface area contributed by atoms with Crippen LogP contribution in [-0.2, 0) is 22.5 Å². The van der Waals surface area contributed by atoms with Crippen molar-refractivity contribution in [2.24, 2.45) is 11.1 Å². The van der Waals surface area contributed by atoms with E-state index in [1.165, 1.54) is 22.3 Å². The van der Waals surface area contributed by atoms with Crippen molar-refractivity contribution >= 4 is 24.6 Å². The van der Waals surface area contributed by atoms with E-state index in [4.69, 9.17) is 4.84 Å². The van der Waals surface area contributed by atoms with E-state index in [0.717, 1.165) is 32.2 Å². The van der Waals surface area contributed by atoms with Gasteiger partial charge in [-0.05, 0) is 54.5 Å². The normalized spacial score (nSPS) is 19.4. The first-order chi connectivity index (χ1) is 14.2. The Bertz CT molecular complexity index is 839. The van der Waals surface area contributed by atoms with Gasteiger partial charge >= 0.3 is 5.97 Å². The second kappa shape index (κ2) is 10.6. The molecule has 6 heteroatoms. The molecule has 1 atom stereocenters. The molecule has 0 unspecified atom stereocenters. The molecule has 0 radical (unpaired) electrons. The van der Waals surface area contributed by atoms with Gasteiger partial charge in [0.1, 0.15) is 6.61 Å². The summed E-state index contributed by atoms with van der Waals surface area (Å²) in [5.74, 6) is -0.859. The molecule has 30 heavy (non-hydrogen) atoms. The number of nitrogens with zero attached hydrogens (tertiary/aromatic N) is 2. The summed E-state index contributed by atoms with van der Waals surface area (Å²) in [6.45, 7) is 2.71. The van der Waals surface area contributed by atoms with Gasteiger partial charge in [-0.3, -0.25) is 9.69 Å². The molecular weight excluding hydrogens is 400 g/mol. The largest absolute Gasteiger partial charge is 0.481 e. The Morgan fingerprint density at radius 1 is 1.10 bits per heavy atom. The highest BCUT2D eigenvalue weighted by atomic mass is 35.5. The number of carboxylic acids is 1. The van der Waals surface area contributed by atoms with Gasteiger partial charge in [-0.1, -0.05) is 53.7 Å². The van der Waals surface area contributed by atoms with Crippen molar-refractivity contribution < 1.29 is 14.7 Å². The molecule has 2 aromatic carbocycles. The van der Waals surface area contributed by atoms with Crippen LogP contribution >= 0.6 is 12.4 Å². The van der Waals surface area contributed by atoms with Crippen molar-refractivity contribution in [3.05, 3.63) is 70.8 Å². The summed E-state index contributed by atoms with van der Waals surface area (Å²) < 4.78 is 0. The smallest absolute Gasteiger partial charge is 0.307 e. The average Bonchev–Trinajstić information content (AvgIpc) is 2.91. The van der Waals surface area contributed by atoms with Crippen molar-refractivity contribution in [1.82, 2.24) is 4.90 Å². The Balaban J connectivity index is 0.00000256. The molecule has 0 amide bonds. The molecule has 1 aliphatic carbocycles. The number of hydrogen-bond donors (Lipinski definition) is 1. The van der Waals surface area contributed by atoms with Crippen LogP contribution in [0.15, 0.2) is 53.7 Å². The van der Waals surface area contributed by atoms with Crippen LogP contribution in [0.25, 0.3) is 0 Å². The molecule has 1 N–H and O–H groups in total. The second-order valence-corrected chi connectivity index (χ2v) is 7.94. The fraction of sp³-hybridized carbons (Fsp3) is 0.417. The number of likely N-dealkylation sites (tertiary alicyclic amines) is 1. The Kier molecular flexibility index (Phi) is 7.88. The maximum Gasteiger partial charge on any atom is 0.307 e. The van der Waals surface area contributed by atoms with Crippen LogP contribution in [0, 0.1) is 5.92 Å². The first-order valence-electron chi connectivity index (χ1n) is 10.5. The molecule has 0 bridgehead atoms. The molecule has 0 saturated carbocycles. The standard InChI is InChI=1S/C24H28N2O3.ClH/c27-24(28)20-8-5-13-26(17-20)14-15-29-25-16-23-21-9-3-1-6-18(21)11-12-19-7-2-4-10-22(19)23;/h1-4,6-7,9-10,16,20,23H,5,8,11-15,17H2,(H,27,28);1H/b25-16-;/t20-;/m1./s1. The van der Waals surface area contributed by atoms with E-state index >= 15 is 0 Å². The molecule has 160 valence electrons. The lowest BCUT2D eigenvalue weighted by atomic mass is 9.89. The Hall–Kier alpha value is -2.37. The number of benzene rings is 2. The summed E-state index contributed by atoms with van der Waals surface area (Å²) in [6.07, 6.45) is 5.69. The predicted molar refractivity (Wildman–Crippen MR) is 121 cm³/mol. The number of halogens is 1. The monoisotopic (exact) mass is 428 g/mol. The number of piperidine rings is 1. The van der Waals surface area contributed by atoms with Crippen LogP contribution in [0.1, 0.15) is 41.0 Å². The van der Waals surface area contributed by atoms with Gasteiger partial charge < -0.3 is 9.94 Å². The number of carbonyl (C=O) groups is 1. The van der Waals surface area contributed by atoms with Crippen LogP contribution in [0.4, 0.5) is 0 Å². The summed E-state index contributed by atoms with van der Waals surface area (Å²) in [5.41, 5.74) is 5.33. The summed E-state index contributed by atoms with van der Waals surface area (Å²) in [4.78, 5) is 18.9. The van der Waals surface area contributed by atoms with Crippen molar-refractivity contribution in [3.8, 4) is 0 Å². The molecule has 1 aliphatic heterocycles. The number of aryl methyl sites for hydroxylation is 2. The van der Waals surface area contributed by atoms with Crippen molar-refractivity contribution in [3.63, 3.8) is 0 Å². The lowest BCUT2D eigenvalue weighted by molar-refractivity contribution is -0.143. The first-order valence-corrected chi connectivity index (χ1v) is 10.5. The van der Waals surface area contributed by atoms with E-state index in [1.807, 2.05) is 6.21 Å². The molecule has 1 saturated heterocycles. The summed E-state index contributed by atoms with van der Waals surface area (Å²) >= 11 is 0. The fourth-order valence-electron chi connectivity index (χ4n) is 4.51. The summed E-state index contributed by atoms with van der Waals surface area (Å²) in [5, 5.41) is 13.5.